The highest BCUT2D eigenvalue weighted by Gasteiger charge is 2.31. The van der Waals surface area contributed by atoms with Crippen molar-refractivity contribution in [2.75, 3.05) is 19.8 Å². The molecular formula is C23H33N3O5S. The highest BCUT2D eigenvalue weighted by molar-refractivity contribution is 8.00. The molecule has 1 amide bonds. The zero-order chi connectivity index (χ0) is 23.1. The molecule has 0 radical (unpaired) electrons. The number of rotatable bonds is 11. The van der Waals surface area contributed by atoms with Crippen molar-refractivity contribution >= 4 is 18.2 Å². The Hall–Kier alpha value is -2.23. The second-order valence-electron chi connectivity index (χ2n) is 8.37. The summed E-state index contributed by atoms with van der Waals surface area (Å²) in [5.74, 6) is 1.56. The molecule has 0 unspecified atom stereocenters. The number of aromatic nitrogens is 2. The van der Waals surface area contributed by atoms with Gasteiger partial charge in [-0.05, 0) is 42.5 Å². The van der Waals surface area contributed by atoms with Gasteiger partial charge in [0.2, 0.25) is 12.3 Å². The zero-order valence-corrected chi connectivity index (χ0v) is 19.7. The number of ether oxygens (including phenoxy) is 2. The first kappa shape index (κ1) is 24.4. The lowest BCUT2D eigenvalue weighted by molar-refractivity contribution is -0.109. The number of aliphatic hydroxyl groups is 2. The number of aryl methyl sites for hydroxylation is 1. The third kappa shape index (κ3) is 6.40. The van der Waals surface area contributed by atoms with Crippen LogP contribution in [0.1, 0.15) is 55.0 Å². The Kier molecular flexibility index (Phi) is 8.84. The average Bonchev–Trinajstić information content (AvgIpc) is 3.15. The van der Waals surface area contributed by atoms with E-state index >= 15 is 0 Å². The van der Waals surface area contributed by atoms with Crippen molar-refractivity contribution in [2.24, 2.45) is 0 Å². The van der Waals surface area contributed by atoms with E-state index in [0.717, 1.165) is 28.1 Å². The summed E-state index contributed by atoms with van der Waals surface area (Å²) >= 11 is 1.55. The van der Waals surface area contributed by atoms with Crippen LogP contribution in [-0.4, -0.2) is 63.4 Å². The monoisotopic (exact) mass is 463 g/mol. The molecule has 32 heavy (non-hydrogen) atoms. The molecule has 8 nitrogen and oxygen atoms in total. The van der Waals surface area contributed by atoms with Crippen LogP contribution in [0, 0.1) is 6.92 Å². The zero-order valence-electron chi connectivity index (χ0n) is 18.8. The SMILES string of the molecule is Cc1cc(OCCNC=O)ccc1Cc1c(O[C@H]2C[C@@H](O)C[C@@H](CO)S2)n[nH]c1C(C)C. The third-order valence-electron chi connectivity index (χ3n) is 5.51. The number of nitrogens with one attached hydrogen (secondary N) is 2. The van der Waals surface area contributed by atoms with Crippen molar-refractivity contribution in [2.45, 2.75) is 62.7 Å². The second kappa shape index (κ2) is 11.6. The Morgan fingerprint density at radius 1 is 1.38 bits per heavy atom. The van der Waals surface area contributed by atoms with Crippen LogP contribution in [0.2, 0.25) is 0 Å². The lowest BCUT2D eigenvalue weighted by Gasteiger charge is -2.30. The van der Waals surface area contributed by atoms with Crippen molar-refractivity contribution in [1.29, 1.82) is 0 Å². The lowest BCUT2D eigenvalue weighted by Crippen LogP contribution is -2.33. The Bertz CT molecular complexity index is 889. The number of carbonyl (C=O) groups excluding carboxylic acids is 1. The van der Waals surface area contributed by atoms with Gasteiger partial charge in [-0.25, -0.2) is 0 Å². The fourth-order valence-electron chi connectivity index (χ4n) is 3.81. The van der Waals surface area contributed by atoms with E-state index in [0.29, 0.717) is 44.7 Å². The van der Waals surface area contributed by atoms with Crippen LogP contribution < -0.4 is 14.8 Å². The molecule has 2 heterocycles. The molecule has 2 aromatic rings. The van der Waals surface area contributed by atoms with Crippen LogP contribution in [-0.2, 0) is 11.2 Å². The second-order valence-corrected chi connectivity index (χ2v) is 9.84. The Balaban J connectivity index is 1.75. The third-order valence-corrected chi connectivity index (χ3v) is 6.83. The summed E-state index contributed by atoms with van der Waals surface area (Å²) in [6, 6.07) is 5.96. The van der Waals surface area contributed by atoms with E-state index in [2.05, 4.69) is 29.4 Å². The van der Waals surface area contributed by atoms with Crippen molar-refractivity contribution < 1.29 is 24.5 Å². The number of thioether (sulfide) groups is 1. The first-order chi connectivity index (χ1) is 15.4. The van der Waals surface area contributed by atoms with E-state index in [4.69, 9.17) is 9.47 Å². The van der Waals surface area contributed by atoms with Gasteiger partial charge in [-0.2, -0.15) is 0 Å². The molecule has 1 aromatic carbocycles. The molecule has 3 rings (SSSR count). The smallest absolute Gasteiger partial charge is 0.237 e. The summed E-state index contributed by atoms with van der Waals surface area (Å²) in [6.45, 7) is 7.15. The van der Waals surface area contributed by atoms with Gasteiger partial charge in [0.05, 0.1) is 19.3 Å². The summed E-state index contributed by atoms with van der Waals surface area (Å²) in [5, 5.41) is 29.8. The molecule has 0 bridgehead atoms. The van der Waals surface area contributed by atoms with Gasteiger partial charge in [-0.3, -0.25) is 9.89 Å². The van der Waals surface area contributed by atoms with Gasteiger partial charge in [0.25, 0.3) is 0 Å². The number of hydrogen-bond donors (Lipinski definition) is 4. The molecule has 0 spiro atoms. The van der Waals surface area contributed by atoms with E-state index < -0.39 is 6.10 Å². The normalized spacial score (nSPS) is 20.9. The number of carbonyl (C=O) groups is 1. The molecule has 4 N–H and O–H groups in total. The molecule has 1 saturated heterocycles. The predicted octanol–water partition coefficient (Wildman–Crippen LogP) is 2.51. The van der Waals surface area contributed by atoms with Gasteiger partial charge in [0, 0.05) is 29.3 Å². The van der Waals surface area contributed by atoms with Gasteiger partial charge in [-0.1, -0.05) is 19.9 Å². The van der Waals surface area contributed by atoms with Crippen molar-refractivity contribution in [1.82, 2.24) is 15.5 Å². The Morgan fingerprint density at radius 2 is 2.19 bits per heavy atom. The maximum atomic E-state index is 10.3. The molecule has 9 heteroatoms. The van der Waals surface area contributed by atoms with Gasteiger partial charge in [0.1, 0.15) is 17.8 Å². The van der Waals surface area contributed by atoms with Crippen LogP contribution in [0.25, 0.3) is 0 Å². The van der Waals surface area contributed by atoms with Crippen molar-refractivity contribution in [3.8, 4) is 11.6 Å². The van der Waals surface area contributed by atoms with E-state index in [1.54, 1.807) is 11.8 Å². The molecule has 176 valence electrons. The Labute approximate surface area is 193 Å². The van der Waals surface area contributed by atoms with Crippen molar-refractivity contribution in [3.63, 3.8) is 0 Å². The number of benzene rings is 1. The van der Waals surface area contributed by atoms with Crippen LogP contribution in [0.15, 0.2) is 18.2 Å². The summed E-state index contributed by atoms with van der Waals surface area (Å²) in [4.78, 5) is 10.3. The first-order valence-electron chi connectivity index (χ1n) is 11.0. The number of nitrogens with zero attached hydrogens (tertiary/aromatic N) is 1. The topological polar surface area (TPSA) is 117 Å². The van der Waals surface area contributed by atoms with E-state index in [9.17, 15) is 15.0 Å². The molecule has 0 aliphatic carbocycles. The quantitative estimate of drug-likeness (QED) is 0.299. The highest BCUT2D eigenvalue weighted by atomic mass is 32.2. The van der Waals surface area contributed by atoms with Crippen LogP contribution >= 0.6 is 11.8 Å². The number of aromatic amines is 1. The molecule has 1 fully saturated rings. The minimum atomic E-state index is -0.484. The molecule has 1 aromatic heterocycles. The van der Waals surface area contributed by atoms with Gasteiger partial charge in [0.15, 0.2) is 0 Å². The maximum Gasteiger partial charge on any atom is 0.237 e. The molecule has 3 atom stereocenters. The van der Waals surface area contributed by atoms with Gasteiger partial charge >= 0.3 is 0 Å². The fourth-order valence-corrected chi connectivity index (χ4v) is 5.13. The lowest BCUT2D eigenvalue weighted by atomic mass is 9.97. The van der Waals surface area contributed by atoms with Gasteiger partial charge < -0.3 is 25.0 Å². The number of aliphatic hydroxyl groups excluding tert-OH is 2. The van der Waals surface area contributed by atoms with E-state index in [-0.39, 0.29) is 23.2 Å². The summed E-state index contributed by atoms with van der Waals surface area (Å²) in [5.41, 5.74) is 4.01. The molecule has 0 saturated carbocycles. The average molecular weight is 464 g/mol. The Morgan fingerprint density at radius 3 is 2.88 bits per heavy atom. The maximum absolute atomic E-state index is 10.3. The van der Waals surface area contributed by atoms with E-state index in [1.165, 1.54) is 0 Å². The highest BCUT2D eigenvalue weighted by Crippen LogP contribution is 2.36. The number of amides is 1. The number of H-pyrrole nitrogens is 1. The predicted molar refractivity (Wildman–Crippen MR) is 124 cm³/mol. The summed E-state index contributed by atoms with van der Waals surface area (Å²) < 4.78 is 11.9. The molecular weight excluding hydrogens is 430 g/mol. The molecule has 1 aliphatic rings. The van der Waals surface area contributed by atoms with Crippen LogP contribution in [0.5, 0.6) is 11.6 Å². The number of hydrogen-bond acceptors (Lipinski definition) is 7. The minimum absolute atomic E-state index is 0.0189. The fraction of sp³-hybridized carbons (Fsp3) is 0.565. The standard InChI is InChI=1S/C23H33N3O5S/c1-14(2)22-20(9-16-4-5-18(8-15(16)3)30-7-6-24-13-28)23(26-25-22)31-21-11-17(29)10-19(12-27)32-21/h4-5,8,13-14,17,19,21,27,29H,6-7,9-12H2,1-3H3,(H,24,28)(H,25,26)/t17-,19-,21+/m0/s1. The summed E-state index contributed by atoms with van der Waals surface area (Å²) in [6.07, 6.45) is 1.91. The molecule has 1 aliphatic heterocycles. The van der Waals surface area contributed by atoms with Gasteiger partial charge in [-0.15, -0.1) is 16.9 Å². The van der Waals surface area contributed by atoms with Crippen LogP contribution in [0.3, 0.4) is 0 Å². The van der Waals surface area contributed by atoms with Crippen LogP contribution in [0.4, 0.5) is 0 Å². The van der Waals surface area contributed by atoms with Crippen molar-refractivity contribution in [3.05, 3.63) is 40.6 Å². The summed E-state index contributed by atoms with van der Waals surface area (Å²) in [7, 11) is 0. The largest absolute Gasteiger partial charge is 0.492 e. The minimum Gasteiger partial charge on any atom is -0.492 e. The first-order valence-corrected chi connectivity index (χ1v) is 11.9. The van der Waals surface area contributed by atoms with E-state index in [1.807, 2.05) is 25.1 Å².